The summed E-state index contributed by atoms with van der Waals surface area (Å²) in [5.74, 6) is -0.659. The Morgan fingerprint density at radius 1 is 0.667 bits per heavy atom. The van der Waals surface area contributed by atoms with E-state index in [0.29, 0.717) is 11.8 Å². The van der Waals surface area contributed by atoms with Gasteiger partial charge in [-0.05, 0) is 43.9 Å². The van der Waals surface area contributed by atoms with Crippen molar-refractivity contribution in [2.45, 2.75) is 147 Å². The quantitative estimate of drug-likeness (QED) is 0.148. The molecule has 0 aromatic rings. The fraction of sp³-hybridized carbons (Fsp3) is 0.889. The summed E-state index contributed by atoms with van der Waals surface area (Å²) >= 11 is 0. The minimum absolute atomic E-state index is 0.291. The lowest BCUT2D eigenvalue weighted by Crippen LogP contribution is -2.63. The maximum atomic E-state index is 13.4. The van der Waals surface area contributed by atoms with E-state index in [1.54, 1.807) is 0 Å². The predicted octanol–water partition coefficient (Wildman–Crippen LogP) is 8.93. The SMILES string of the molecule is O=C(O)CCCCCCCCCCCCCCCCCCCC=CC12CC(F)(C1)C2. The number of hydrogen-bond acceptors (Lipinski definition) is 1. The first kappa shape index (κ1) is 25.4. The summed E-state index contributed by atoms with van der Waals surface area (Å²) in [6.07, 6.45) is 30.8. The van der Waals surface area contributed by atoms with Gasteiger partial charge in [-0.3, -0.25) is 4.79 Å². The van der Waals surface area contributed by atoms with Crippen molar-refractivity contribution in [3.05, 3.63) is 12.2 Å². The molecule has 1 N–H and O–H groups in total. The van der Waals surface area contributed by atoms with Crippen molar-refractivity contribution in [2.24, 2.45) is 5.41 Å². The summed E-state index contributed by atoms with van der Waals surface area (Å²) < 4.78 is 13.4. The Balaban J connectivity index is 1.19. The van der Waals surface area contributed by atoms with Crippen molar-refractivity contribution in [1.29, 1.82) is 0 Å². The summed E-state index contributed by atoms with van der Waals surface area (Å²) in [6.45, 7) is 0. The Labute approximate surface area is 185 Å². The molecule has 30 heavy (non-hydrogen) atoms. The highest BCUT2D eigenvalue weighted by molar-refractivity contribution is 5.66. The van der Waals surface area contributed by atoms with Crippen LogP contribution in [0.4, 0.5) is 4.39 Å². The van der Waals surface area contributed by atoms with Gasteiger partial charge in [-0.1, -0.05) is 108 Å². The molecular weight excluding hydrogens is 375 g/mol. The minimum atomic E-state index is -0.753. The van der Waals surface area contributed by atoms with Gasteiger partial charge in [0.25, 0.3) is 0 Å². The van der Waals surface area contributed by atoms with E-state index < -0.39 is 11.6 Å². The van der Waals surface area contributed by atoms with Gasteiger partial charge in [0.2, 0.25) is 0 Å². The number of allylic oxidation sites excluding steroid dienone is 2. The average Bonchev–Trinajstić information content (AvgIpc) is 2.66. The summed E-state index contributed by atoms with van der Waals surface area (Å²) in [7, 11) is 0. The molecule has 0 unspecified atom stereocenters. The van der Waals surface area contributed by atoms with E-state index >= 15 is 0 Å². The lowest BCUT2D eigenvalue weighted by atomic mass is 9.42. The zero-order valence-electron chi connectivity index (χ0n) is 19.4. The predicted molar refractivity (Wildman–Crippen MR) is 125 cm³/mol. The number of carboxylic acid groups (broad SMARTS) is 1. The minimum Gasteiger partial charge on any atom is -0.481 e. The lowest BCUT2D eigenvalue weighted by molar-refractivity contribution is -0.182. The molecule has 0 atom stereocenters. The molecular formula is C27H47FO2. The van der Waals surface area contributed by atoms with E-state index in [-0.39, 0.29) is 0 Å². The summed E-state index contributed by atoms with van der Waals surface area (Å²) in [5, 5.41) is 8.59. The molecule has 0 aromatic heterocycles. The van der Waals surface area contributed by atoms with Crippen molar-refractivity contribution < 1.29 is 14.3 Å². The summed E-state index contributed by atoms with van der Waals surface area (Å²) in [5.41, 5.74) is -0.462. The molecule has 0 radical (unpaired) electrons. The monoisotopic (exact) mass is 422 g/mol. The van der Waals surface area contributed by atoms with E-state index in [2.05, 4.69) is 12.2 Å². The summed E-state index contributed by atoms with van der Waals surface area (Å²) in [6, 6.07) is 0. The van der Waals surface area contributed by atoms with Crippen LogP contribution < -0.4 is 0 Å². The van der Waals surface area contributed by atoms with Crippen LogP contribution in [0.3, 0.4) is 0 Å². The number of carboxylic acids is 1. The van der Waals surface area contributed by atoms with E-state index in [9.17, 15) is 9.18 Å². The number of aliphatic carboxylic acids is 1. The molecule has 3 aliphatic carbocycles. The van der Waals surface area contributed by atoms with E-state index in [1.165, 1.54) is 103 Å². The molecule has 0 aromatic carbocycles. The van der Waals surface area contributed by atoms with Crippen LogP contribution in [-0.2, 0) is 4.79 Å². The number of alkyl halides is 1. The largest absolute Gasteiger partial charge is 0.481 e. The van der Waals surface area contributed by atoms with Crippen LogP contribution in [0.2, 0.25) is 0 Å². The molecule has 3 fully saturated rings. The van der Waals surface area contributed by atoms with Gasteiger partial charge in [-0.25, -0.2) is 4.39 Å². The number of halogens is 1. The number of carbonyl (C=O) groups is 1. The van der Waals surface area contributed by atoms with Crippen LogP contribution in [0.25, 0.3) is 0 Å². The van der Waals surface area contributed by atoms with Gasteiger partial charge in [0.1, 0.15) is 5.67 Å². The molecule has 174 valence electrons. The number of unbranched alkanes of at least 4 members (excludes halogenated alkanes) is 17. The molecule has 0 spiro atoms. The second-order valence-corrected chi connectivity index (χ2v) is 10.4. The van der Waals surface area contributed by atoms with E-state index in [4.69, 9.17) is 5.11 Å². The van der Waals surface area contributed by atoms with Gasteiger partial charge in [0.05, 0.1) is 0 Å². The third-order valence-corrected chi connectivity index (χ3v) is 7.24. The number of rotatable bonds is 21. The Hall–Kier alpha value is -0.860. The van der Waals surface area contributed by atoms with Gasteiger partial charge in [0.15, 0.2) is 0 Å². The molecule has 0 aliphatic heterocycles. The first-order chi connectivity index (χ1) is 14.5. The maximum absolute atomic E-state index is 13.4. The Morgan fingerprint density at radius 2 is 1.03 bits per heavy atom. The van der Waals surface area contributed by atoms with Crippen LogP contribution in [0.5, 0.6) is 0 Å². The van der Waals surface area contributed by atoms with Crippen LogP contribution in [0.15, 0.2) is 12.2 Å². The molecule has 3 heteroatoms. The van der Waals surface area contributed by atoms with Crippen molar-refractivity contribution in [3.63, 3.8) is 0 Å². The fourth-order valence-corrected chi connectivity index (χ4v) is 5.44. The van der Waals surface area contributed by atoms with Gasteiger partial charge in [0, 0.05) is 6.42 Å². The van der Waals surface area contributed by atoms with Crippen LogP contribution in [0.1, 0.15) is 141 Å². The van der Waals surface area contributed by atoms with Crippen molar-refractivity contribution in [1.82, 2.24) is 0 Å². The fourth-order valence-electron chi connectivity index (χ4n) is 5.44. The molecule has 3 aliphatic rings. The molecule has 3 rings (SSSR count). The molecule has 0 saturated heterocycles. The highest BCUT2D eigenvalue weighted by atomic mass is 19.1. The van der Waals surface area contributed by atoms with E-state index in [1.807, 2.05) is 0 Å². The lowest BCUT2D eigenvalue weighted by Gasteiger charge is -2.64. The third kappa shape index (κ3) is 10.4. The van der Waals surface area contributed by atoms with Crippen LogP contribution in [0, 0.1) is 5.41 Å². The average molecular weight is 423 g/mol. The molecule has 0 heterocycles. The highest BCUT2D eigenvalue weighted by Crippen LogP contribution is 2.70. The van der Waals surface area contributed by atoms with Gasteiger partial charge in [-0.2, -0.15) is 0 Å². The summed E-state index contributed by atoms with van der Waals surface area (Å²) in [4.78, 5) is 10.4. The molecule has 2 bridgehead atoms. The Bertz CT molecular complexity index is 479. The van der Waals surface area contributed by atoms with Gasteiger partial charge >= 0.3 is 5.97 Å². The molecule has 3 saturated carbocycles. The normalized spacial score (nSPS) is 24.7. The van der Waals surface area contributed by atoms with Crippen molar-refractivity contribution in [3.8, 4) is 0 Å². The highest BCUT2D eigenvalue weighted by Gasteiger charge is 2.67. The smallest absolute Gasteiger partial charge is 0.303 e. The second-order valence-electron chi connectivity index (χ2n) is 10.4. The topological polar surface area (TPSA) is 37.3 Å². The first-order valence-electron chi connectivity index (χ1n) is 13.1. The molecule has 2 nitrogen and oxygen atoms in total. The van der Waals surface area contributed by atoms with Crippen molar-refractivity contribution >= 4 is 5.97 Å². The molecule has 0 amide bonds. The maximum Gasteiger partial charge on any atom is 0.303 e. The van der Waals surface area contributed by atoms with E-state index in [0.717, 1.165) is 32.1 Å². The third-order valence-electron chi connectivity index (χ3n) is 7.24. The first-order valence-corrected chi connectivity index (χ1v) is 13.1. The standard InChI is InChI=1S/C27H47FO2/c28-27-22-26(23-27,24-27)21-19-17-15-13-11-9-7-5-3-1-2-4-6-8-10-12-14-16-18-20-25(29)30/h19,21H,1-18,20,22-24H2,(H,29,30). The number of hydrogen-bond donors (Lipinski definition) is 1. The van der Waals surface area contributed by atoms with Crippen LogP contribution >= 0.6 is 0 Å². The Kier molecular flexibility index (Phi) is 12.1. The zero-order chi connectivity index (χ0) is 21.5. The second kappa shape index (κ2) is 14.2. The van der Waals surface area contributed by atoms with Crippen LogP contribution in [-0.4, -0.2) is 16.7 Å². The van der Waals surface area contributed by atoms with Gasteiger partial charge in [-0.15, -0.1) is 0 Å². The zero-order valence-corrected chi connectivity index (χ0v) is 19.4. The Morgan fingerprint density at radius 3 is 1.40 bits per heavy atom. The van der Waals surface area contributed by atoms with Gasteiger partial charge < -0.3 is 5.11 Å². The van der Waals surface area contributed by atoms with Crippen molar-refractivity contribution in [2.75, 3.05) is 0 Å².